The largest absolute Gasteiger partial charge is 0.489 e. The summed E-state index contributed by atoms with van der Waals surface area (Å²) in [6.07, 6.45) is 6.34. The van der Waals surface area contributed by atoms with Crippen LogP contribution in [0.25, 0.3) is 0 Å². The number of methoxy groups -OCH3 is 1. The van der Waals surface area contributed by atoms with E-state index >= 15 is 0 Å². The summed E-state index contributed by atoms with van der Waals surface area (Å²) in [4.78, 5) is 14.5. The summed E-state index contributed by atoms with van der Waals surface area (Å²) in [5.74, 6) is 1.11. The lowest BCUT2D eigenvalue weighted by Gasteiger charge is -2.49. The molecular formula is C27H30FNO3. The molecule has 1 heterocycles. The van der Waals surface area contributed by atoms with E-state index in [0.29, 0.717) is 11.5 Å². The maximum absolute atomic E-state index is 14.4. The first-order valence-corrected chi connectivity index (χ1v) is 11.8. The number of rotatable bonds is 7. The van der Waals surface area contributed by atoms with Crippen LogP contribution >= 0.6 is 0 Å². The van der Waals surface area contributed by atoms with E-state index in [1.54, 1.807) is 6.07 Å². The van der Waals surface area contributed by atoms with Gasteiger partial charge in [0.1, 0.15) is 18.2 Å². The van der Waals surface area contributed by atoms with Crippen LogP contribution in [0.2, 0.25) is 0 Å². The molecule has 168 valence electrons. The molecule has 0 atom stereocenters. The van der Waals surface area contributed by atoms with E-state index in [1.807, 2.05) is 12.1 Å². The van der Waals surface area contributed by atoms with Crippen LogP contribution in [-0.4, -0.2) is 37.6 Å². The number of carbonyl (C=O) groups is 1. The van der Waals surface area contributed by atoms with Gasteiger partial charge in [-0.25, -0.2) is 4.39 Å². The van der Waals surface area contributed by atoms with Gasteiger partial charge in [-0.05, 0) is 79.3 Å². The molecule has 32 heavy (non-hydrogen) atoms. The van der Waals surface area contributed by atoms with Crippen molar-refractivity contribution in [1.82, 2.24) is 4.90 Å². The molecule has 0 amide bonds. The Morgan fingerprint density at radius 2 is 1.91 bits per heavy atom. The van der Waals surface area contributed by atoms with Gasteiger partial charge < -0.3 is 14.4 Å². The molecule has 0 bridgehead atoms. The predicted octanol–water partition coefficient (Wildman–Crippen LogP) is 4.64. The smallest absolute Gasteiger partial charge is 0.313 e. The number of esters is 1. The number of benzene rings is 2. The summed E-state index contributed by atoms with van der Waals surface area (Å²) in [6.45, 7) is 3.19. The monoisotopic (exact) mass is 435 g/mol. The van der Waals surface area contributed by atoms with Crippen molar-refractivity contribution in [2.24, 2.45) is 10.8 Å². The van der Waals surface area contributed by atoms with Gasteiger partial charge in [-0.3, -0.25) is 4.79 Å². The molecule has 2 aromatic carbocycles. The maximum atomic E-state index is 14.4. The van der Waals surface area contributed by atoms with Gasteiger partial charge in [0.05, 0.1) is 12.5 Å². The summed E-state index contributed by atoms with van der Waals surface area (Å²) < 4.78 is 25.5. The molecule has 4 nitrogen and oxygen atoms in total. The van der Waals surface area contributed by atoms with E-state index in [-0.39, 0.29) is 29.2 Å². The molecule has 1 spiro atoms. The minimum atomic E-state index is -0.241. The topological polar surface area (TPSA) is 38.8 Å². The summed E-state index contributed by atoms with van der Waals surface area (Å²) in [5.41, 5.74) is 4.62. The molecule has 2 aromatic rings. The summed E-state index contributed by atoms with van der Waals surface area (Å²) in [6, 6.07) is 11.7. The lowest BCUT2D eigenvalue weighted by molar-refractivity contribution is -0.149. The Morgan fingerprint density at radius 3 is 2.62 bits per heavy atom. The third-order valence-electron chi connectivity index (χ3n) is 7.98. The highest BCUT2D eigenvalue weighted by molar-refractivity contribution is 5.80. The molecule has 0 N–H and O–H groups in total. The van der Waals surface area contributed by atoms with Crippen molar-refractivity contribution in [3.05, 3.63) is 64.5 Å². The molecule has 6 rings (SSSR count). The molecule has 2 saturated carbocycles. The highest BCUT2D eigenvalue weighted by Gasteiger charge is 2.56. The predicted molar refractivity (Wildman–Crippen MR) is 119 cm³/mol. The lowest BCUT2D eigenvalue weighted by atomic mass is 9.76. The Balaban J connectivity index is 1.09. The Kier molecular flexibility index (Phi) is 4.62. The van der Waals surface area contributed by atoms with E-state index in [2.05, 4.69) is 17.0 Å². The van der Waals surface area contributed by atoms with Crippen molar-refractivity contribution in [1.29, 1.82) is 0 Å². The number of halogens is 1. The van der Waals surface area contributed by atoms with Gasteiger partial charge in [-0.2, -0.15) is 0 Å². The van der Waals surface area contributed by atoms with Gasteiger partial charge in [0.15, 0.2) is 0 Å². The second kappa shape index (κ2) is 7.31. The maximum Gasteiger partial charge on any atom is 0.313 e. The quantitative estimate of drug-likeness (QED) is 0.594. The molecule has 4 aliphatic rings. The average molecular weight is 436 g/mol. The van der Waals surface area contributed by atoms with Crippen LogP contribution in [0.4, 0.5) is 4.39 Å². The third kappa shape index (κ3) is 3.51. The van der Waals surface area contributed by atoms with Crippen LogP contribution in [0.3, 0.4) is 0 Å². The zero-order valence-corrected chi connectivity index (χ0v) is 18.7. The number of hydrogen-bond donors (Lipinski definition) is 0. The van der Waals surface area contributed by atoms with Gasteiger partial charge >= 0.3 is 5.97 Å². The highest BCUT2D eigenvalue weighted by Crippen LogP contribution is 2.51. The van der Waals surface area contributed by atoms with E-state index in [1.165, 1.54) is 24.3 Å². The van der Waals surface area contributed by atoms with E-state index in [0.717, 1.165) is 69.5 Å². The standard InChI is InChI=1S/C27H30FNO3/c1-31-25(30)27(9-10-27)17-29-15-26(16-29)12-19-7-8-21(11-20(19)13-26)32-14-23-22(18-5-6-18)3-2-4-24(23)28/h2-4,7-8,11,18H,5-6,9-10,12-17H2,1H3. The molecular weight excluding hydrogens is 405 g/mol. The van der Waals surface area contributed by atoms with Gasteiger partial charge in [-0.15, -0.1) is 0 Å². The average Bonchev–Trinajstić information content (AvgIpc) is 3.69. The van der Waals surface area contributed by atoms with Crippen molar-refractivity contribution >= 4 is 5.97 Å². The van der Waals surface area contributed by atoms with E-state index in [4.69, 9.17) is 9.47 Å². The van der Waals surface area contributed by atoms with Crippen molar-refractivity contribution in [2.45, 2.75) is 51.0 Å². The van der Waals surface area contributed by atoms with Crippen molar-refractivity contribution < 1.29 is 18.7 Å². The summed E-state index contributed by atoms with van der Waals surface area (Å²) >= 11 is 0. The second-order valence-electron chi connectivity index (χ2n) is 10.6. The number of hydrogen-bond acceptors (Lipinski definition) is 4. The van der Waals surface area contributed by atoms with Crippen molar-refractivity contribution in [2.75, 3.05) is 26.7 Å². The molecule has 3 aliphatic carbocycles. The van der Waals surface area contributed by atoms with Crippen LogP contribution in [0, 0.1) is 16.6 Å². The first-order chi connectivity index (χ1) is 15.5. The Morgan fingerprint density at radius 1 is 1.12 bits per heavy atom. The first kappa shape index (κ1) is 20.2. The number of ether oxygens (including phenoxy) is 2. The molecule has 1 aliphatic heterocycles. The van der Waals surface area contributed by atoms with Crippen LogP contribution in [0.15, 0.2) is 36.4 Å². The Labute approximate surface area is 188 Å². The number of carbonyl (C=O) groups excluding carboxylic acids is 1. The Hall–Kier alpha value is -2.40. The molecule has 0 radical (unpaired) electrons. The van der Waals surface area contributed by atoms with Crippen LogP contribution in [-0.2, 0) is 29.0 Å². The third-order valence-corrected chi connectivity index (χ3v) is 7.98. The lowest BCUT2D eigenvalue weighted by Crippen LogP contribution is -2.58. The molecule has 3 fully saturated rings. The van der Waals surface area contributed by atoms with Gasteiger partial charge in [-0.1, -0.05) is 18.2 Å². The summed E-state index contributed by atoms with van der Waals surface area (Å²) in [5, 5.41) is 0. The first-order valence-electron chi connectivity index (χ1n) is 11.8. The molecule has 5 heteroatoms. The van der Waals surface area contributed by atoms with E-state index in [9.17, 15) is 9.18 Å². The Bertz CT molecular complexity index is 1070. The fraction of sp³-hybridized carbons (Fsp3) is 0.519. The van der Waals surface area contributed by atoms with Gasteiger partial charge in [0.2, 0.25) is 0 Å². The molecule has 0 aromatic heterocycles. The van der Waals surface area contributed by atoms with E-state index < -0.39 is 0 Å². The number of fused-ring (bicyclic) bond motifs is 1. The normalized spacial score (nSPS) is 22.3. The number of likely N-dealkylation sites (tertiary alicyclic amines) is 1. The minimum Gasteiger partial charge on any atom is -0.489 e. The van der Waals surface area contributed by atoms with Gasteiger partial charge in [0.25, 0.3) is 0 Å². The zero-order valence-electron chi connectivity index (χ0n) is 18.7. The number of nitrogens with zero attached hydrogens (tertiary/aromatic N) is 1. The molecule has 1 saturated heterocycles. The SMILES string of the molecule is COC(=O)C1(CN2CC3(Cc4ccc(OCc5c(F)cccc5C5CC5)cc4C3)C2)CC1. The van der Waals surface area contributed by atoms with Crippen molar-refractivity contribution in [3.63, 3.8) is 0 Å². The van der Waals surface area contributed by atoms with Crippen LogP contribution in [0.5, 0.6) is 5.75 Å². The molecule has 0 unspecified atom stereocenters. The fourth-order valence-corrected chi connectivity index (χ4v) is 6.02. The van der Waals surface area contributed by atoms with Gasteiger partial charge in [0, 0.05) is 30.6 Å². The second-order valence-corrected chi connectivity index (χ2v) is 10.6. The van der Waals surface area contributed by atoms with Crippen LogP contribution in [0.1, 0.15) is 53.9 Å². The fourth-order valence-electron chi connectivity index (χ4n) is 6.02. The highest BCUT2D eigenvalue weighted by atomic mass is 19.1. The van der Waals surface area contributed by atoms with Crippen LogP contribution < -0.4 is 4.74 Å². The summed E-state index contributed by atoms with van der Waals surface area (Å²) in [7, 11) is 1.49. The van der Waals surface area contributed by atoms with Crippen molar-refractivity contribution in [3.8, 4) is 5.75 Å². The minimum absolute atomic E-state index is 0.0466. The zero-order chi connectivity index (χ0) is 21.9.